The van der Waals surface area contributed by atoms with Crippen LogP contribution in [0.5, 0.6) is 17.2 Å². The van der Waals surface area contributed by atoms with Gasteiger partial charge >= 0.3 is 0 Å². The van der Waals surface area contributed by atoms with Gasteiger partial charge in [0.05, 0.1) is 5.69 Å². The number of hydrogen-bond acceptors (Lipinski definition) is 3. The van der Waals surface area contributed by atoms with E-state index in [1.165, 1.54) is 6.07 Å². The van der Waals surface area contributed by atoms with Crippen LogP contribution in [0.3, 0.4) is 0 Å². The maximum Gasteiger partial charge on any atom is 0.129 e. The molecule has 4 rings (SSSR count). The summed E-state index contributed by atoms with van der Waals surface area (Å²) in [6, 6.07) is 31.3. The summed E-state index contributed by atoms with van der Waals surface area (Å²) >= 11 is 0. The van der Waals surface area contributed by atoms with Crippen LogP contribution in [0.2, 0.25) is 0 Å². The van der Waals surface area contributed by atoms with Crippen LogP contribution in [0.4, 0.5) is 10.1 Å². The SMILES string of the molecule is Fc1ccccc1COc1ccccc1C=Nc1ccc(Oc2ccccc2)cc1. The van der Waals surface area contributed by atoms with E-state index < -0.39 is 0 Å². The second-order valence-corrected chi connectivity index (χ2v) is 6.59. The van der Waals surface area contributed by atoms with Gasteiger partial charge in [0, 0.05) is 17.3 Å². The van der Waals surface area contributed by atoms with Crippen molar-refractivity contribution in [3.8, 4) is 17.2 Å². The molecule has 0 N–H and O–H groups in total. The second kappa shape index (κ2) is 9.52. The van der Waals surface area contributed by atoms with Crippen molar-refractivity contribution < 1.29 is 13.9 Å². The predicted molar refractivity (Wildman–Crippen MR) is 117 cm³/mol. The molecule has 3 nitrogen and oxygen atoms in total. The number of aliphatic imine (C=N–C) groups is 1. The largest absolute Gasteiger partial charge is 0.488 e. The molecule has 4 aromatic carbocycles. The van der Waals surface area contributed by atoms with Gasteiger partial charge in [0.1, 0.15) is 29.7 Å². The summed E-state index contributed by atoms with van der Waals surface area (Å²) in [5.41, 5.74) is 2.12. The first-order valence-electron chi connectivity index (χ1n) is 9.60. The number of para-hydroxylation sites is 2. The van der Waals surface area contributed by atoms with Crippen LogP contribution in [-0.2, 0) is 6.61 Å². The molecule has 148 valence electrons. The normalized spacial score (nSPS) is 10.8. The summed E-state index contributed by atoms with van der Waals surface area (Å²) in [4.78, 5) is 4.52. The average Bonchev–Trinajstić information content (AvgIpc) is 2.79. The van der Waals surface area contributed by atoms with Gasteiger partial charge in [0.15, 0.2) is 0 Å². The molecule has 0 aromatic heterocycles. The number of halogens is 1. The third-order valence-electron chi connectivity index (χ3n) is 4.43. The maximum absolute atomic E-state index is 13.8. The Morgan fingerprint density at radius 3 is 2.17 bits per heavy atom. The fourth-order valence-corrected chi connectivity index (χ4v) is 2.86. The minimum atomic E-state index is -0.276. The molecule has 0 aliphatic carbocycles. The molecule has 0 aliphatic rings. The van der Waals surface area contributed by atoms with Gasteiger partial charge in [-0.2, -0.15) is 0 Å². The highest BCUT2D eigenvalue weighted by atomic mass is 19.1. The number of ether oxygens (including phenoxy) is 2. The van der Waals surface area contributed by atoms with Crippen molar-refractivity contribution in [2.24, 2.45) is 4.99 Å². The summed E-state index contributed by atoms with van der Waals surface area (Å²) in [6.45, 7) is 0.156. The highest BCUT2D eigenvalue weighted by molar-refractivity contribution is 5.85. The summed E-state index contributed by atoms with van der Waals surface area (Å²) in [7, 11) is 0. The highest BCUT2D eigenvalue weighted by Crippen LogP contribution is 2.24. The van der Waals surface area contributed by atoms with Crippen molar-refractivity contribution in [2.45, 2.75) is 6.61 Å². The Kier molecular flexibility index (Phi) is 6.16. The molecule has 0 radical (unpaired) electrons. The Morgan fingerprint density at radius 1 is 0.700 bits per heavy atom. The van der Waals surface area contributed by atoms with Gasteiger partial charge in [-0.05, 0) is 54.6 Å². The van der Waals surface area contributed by atoms with Crippen LogP contribution in [-0.4, -0.2) is 6.21 Å². The summed E-state index contributed by atoms with van der Waals surface area (Å²) in [6.07, 6.45) is 1.74. The quantitative estimate of drug-likeness (QED) is 0.316. The van der Waals surface area contributed by atoms with Crippen LogP contribution < -0.4 is 9.47 Å². The van der Waals surface area contributed by atoms with Crippen LogP contribution in [0.25, 0.3) is 0 Å². The molecular formula is C26H20FNO2. The van der Waals surface area contributed by atoms with E-state index >= 15 is 0 Å². The van der Waals surface area contributed by atoms with E-state index in [1.54, 1.807) is 24.4 Å². The monoisotopic (exact) mass is 397 g/mol. The molecule has 0 saturated heterocycles. The Morgan fingerprint density at radius 2 is 1.37 bits per heavy atom. The van der Waals surface area contributed by atoms with E-state index in [4.69, 9.17) is 9.47 Å². The second-order valence-electron chi connectivity index (χ2n) is 6.59. The molecule has 30 heavy (non-hydrogen) atoms. The van der Waals surface area contributed by atoms with Gasteiger partial charge in [0.2, 0.25) is 0 Å². The van der Waals surface area contributed by atoms with E-state index in [-0.39, 0.29) is 12.4 Å². The number of benzene rings is 4. The number of hydrogen-bond donors (Lipinski definition) is 0. The van der Waals surface area contributed by atoms with Crippen LogP contribution in [0, 0.1) is 5.82 Å². The maximum atomic E-state index is 13.8. The van der Waals surface area contributed by atoms with Crippen molar-refractivity contribution in [3.63, 3.8) is 0 Å². The smallest absolute Gasteiger partial charge is 0.129 e. The molecule has 0 unspecified atom stereocenters. The van der Waals surface area contributed by atoms with E-state index in [0.29, 0.717) is 11.3 Å². The Labute approximate surface area is 175 Å². The van der Waals surface area contributed by atoms with Crippen molar-refractivity contribution in [3.05, 3.63) is 120 Å². The van der Waals surface area contributed by atoms with Crippen molar-refractivity contribution in [2.75, 3.05) is 0 Å². The minimum Gasteiger partial charge on any atom is -0.488 e. The molecule has 4 heteroatoms. The zero-order valence-electron chi connectivity index (χ0n) is 16.2. The summed E-state index contributed by atoms with van der Waals surface area (Å²) < 4.78 is 25.4. The van der Waals surface area contributed by atoms with Gasteiger partial charge in [-0.15, -0.1) is 0 Å². The van der Waals surface area contributed by atoms with Crippen molar-refractivity contribution >= 4 is 11.9 Å². The molecule has 0 atom stereocenters. The lowest BCUT2D eigenvalue weighted by Crippen LogP contribution is -2.00. The lowest BCUT2D eigenvalue weighted by molar-refractivity contribution is 0.299. The molecule has 4 aromatic rings. The lowest BCUT2D eigenvalue weighted by Gasteiger charge is -2.09. The molecule has 0 amide bonds. The zero-order chi connectivity index (χ0) is 20.6. The van der Waals surface area contributed by atoms with Crippen LogP contribution >= 0.6 is 0 Å². The molecular weight excluding hydrogens is 377 g/mol. The molecule has 0 bridgehead atoms. The molecule has 0 heterocycles. The standard InChI is InChI=1S/C26H20FNO2/c27-25-12-6-4-9-21(25)19-29-26-13-7-5-8-20(26)18-28-22-14-16-24(17-15-22)30-23-10-2-1-3-11-23/h1-18H,19H2. The lowest BCUT2D eigenvalue weighted by atomic mass is 10.2. The fourth-order valence-electron chi connectivity index (χ4n) is 2.86. The summed E-state index contributed by atoms with van der Waals surface area (Å²) in [5, 5.41) is 0. The van der Waals surface area contributed by atoms with Gasteiger partial charge in [-0.3, -0.25) is 4.99 Å². The van der Waals surface area contributed by atoms with Gasteiger partial charge in [-0.1, -0.05) is 48.5 Å². The molecule has 0 spiro atoms. The van der Waals surface area contributed by atoms with Gasteiger partial charge in [-0.25, -0.2) is 4.39 Å². The number of rotatable bonds is 7. The molecule has 0 aliphatic heterocycles. The topological polar surface area (TPSA) is 30.8 Å². The van der Waals surface area contributed by atoms with Gasteiger partial charge < -0.3 is 9.47 Å². The Bertz CT molecular complexity index is 1130. The van der Waals surface area contributed by atoms with Crippen LogP contribution in [0.15, 0.2) is 108 Å². The zero-order valence-corrected chi connectivity index (χ0v) is 16.2. The first-order chi connectivity index (χ1) is 14.8. The van der Waals surface area contributed by atoms with Crippen LogP contribution in [0.1, 0.15) is 11.1 Å². The average molecular weight is 397 g/mol. The Balaban J connectivity index is 1.43. The molecule has 0 fully saturated rings. The van der Waals surface area contributed by atoms with Crippen molar-refractivity contribution in [1.82, 2.24) is 0 Å². The predicted octanol–water partition coefficient (Wildman–Crippen LogP) is 6.95. The summed E-state index contributed by atoms with van der Waals surface area (Å²) in [5.74, 6) is 1.90. The van der Waals surface area contributed by atoms with E-state index in [9.17, 15) is 4.39 Å². The van der Waals surface area contributed by atoms with E-state index in [1.807, 2.05) is 78.9 Å². The van der Waals surface area contributed by atoms with Crippen molar-refractivity contribution in [1.29, 1.82) is 0 Å². The Hall–Kier alpha value is -3.92. The van der Waals surface area contributed by atoms with E-state index in [0.717, 1.165) is 22.7 Å². The third kappa shape index (κ3) is 5.11. The minimum absolute atomic E-state index is 0.156. The third-order valence-corrected chi connectivity index (χ3v) is 4.43. The highest BCUT2D eigenvalue weighted by Gasteiger charge is 2.05. The van der Waals surface area contributed by atoms with Gasteiger partial charge in [0.25, 0.3) is 0 Å². The first kappa shape index (κ1) is 19.4. The first-order valence-corrected chi connectivity index (χ1v) is 9.60. The number of nitrogens with zero attached hydrogens (tertiary/aromatic N) is 1. The fraction of sp³-hybridized carbons (Fsp3) is 0.0385. The van der Waals surface area contributed by atoms with E-state index in [2.05, 4.69) is 4.99 Å². The molecule has 0 saturated carbocycles.